The van der Waals surface area contributed by atoms with E-state index < -0.39 is 10.0 Å². The van der Waals surface area contributed by atoms with E-state index in [4.69, 9.17) is 5.11 Å². The van der Waals surface area contributed by atoms with E-state index in [1.165, 1.54) is 0 Å². The fourth-order valence-electron chi connectivity index (χ4n) is 1.98. The Morgan fingerprint density at radius 1 is 1.35 bits per heavy atom. The monoisotopic (exact) mass is 311 g/mol. The van der Waals surface area contributed by atoms with Crippen molar-refractivity contribution in [2.75, 3.05) is 18.1 Å². The van der Waals surface area contributed by atoms with E-state index in [0.29, 0.717) is 5.56 Å². The molecule has 1 saturated heterocycles. The highest BCUT2D eigenvalue weighted by Crippen LogP contribution is 2.19. The van der Waals surface area contributed by atoms with Crippen LogP contribution >= 0.6 is 11.8 Å². The highest BCUT2D eigenvalue weighted by Gasteiger charge is 2.21. The van der Waals surface area contributed by atoms with Crippen LogP contribution in [0.2, 0.25) is 0 Å². The maximum Gasteiger partial charge on any atom is 0.240 e. The molecule has 2 N–H and O–H groups in total. The summed E-state index contributed by atoms with van der Waals surface area (Å²) < 4.78 is 27.2. The Morgan fingerprint density at radius 3 is 2.70 bits per heavy atom. The Morgan fingerprint density at radius 2 is 2.10 bits per heavy atom. The Hall–Kier alpha value is -1.00. The van der Waals surface area contributed by atoms with E-state index in [2.05, 4.69) is 16.6 Å². The van der Waals surface area contributed by atoms with Crippen LogP contribution < -0.4 is 4.72 Å². The van der Waals surface area contributed by atoms with Crippen LogP contribution in [-0.2, 0) is 10.0 Å². The summed E-state index contributed by atoms with van der Waals surface area (Å²) in [5.74, 6) is 7.20. The summed E-state index contributed by atoms with van der Waals surface area (Å²) in [5.41, 5.74) is 0.686. The molecule has 1 atom stereocenters. The second-order valence-electron chi connectivity index (χ2n) is 4.52. The summed E-state index contributed by atoms with van der Waals surface area (Å²) >= 11 is 1.78. The molecular weight excluding hydrogens is 294 g/mol. The molecule has 1 heterocycles. The number of hydrogen-bond acceptors (Lipinski definition) is 4. The van der Waals surface area contributed by atoms with Crippen molar-refractivity contribution in [1.82, 2.24) is 4.72 Å². The van der Waals surface area contributed by atoms with Crippen molar-refractivity contribution >= 4 is 21.8 Å². The average molecular weight is 311 g/mol. The van der Waals surface area contributed by atoms with Gasteiger partial charge in [-0.3, -0.25) is 0 Å². The molecule has 20 heavy (non-hydrogen) atoms. The van der Waals surface area contributed by atoms with Crippen molar-refractivity contribution < 1.29 is 13.5 Å². The van der Waals surface area contributed by atoms with Gasteiger partial charge in [-0.25, -0.2) is 13.1 Å². The first-order valence-corrected chi connectivity index (χ1v) is 9.05. The van der Waals surface area contributed by atoms with Crippen LogP contribution in [0.5, 0.6) is 0 Å². The fraction of sp³-hybridized carbons (Fsp3) is 0.429. The quantitative estimate of drug-likeness (QED) is 0.823. The molecule has 0 bridgehead atoms. The summed E-state index contributed by atoms with van der Waals surface area (Å²) in [7, 11) is -3.46. The van der Waals surface area contributed by atoms with Crippen molar-refractivity contribution in [3.05, 3.63) is 29.8 Å². The molecule has 0 aromatic heterocycles. The minimum absolute atomic E-state index is 0.0209. The molecule has 0 spiro atoms. The van der Waals surface area contributed by atoms with Crippen LogP contribution in [0.1, 0.15) is 18.4 Å². The first-order chi connectivity index (χ1) is 9.62. The normalized spacial score (nSPS) is 19.1. The van der Waals surface area contributed by atoms with Gasteiger partial charge >= 0.3 is 0 Å². The third-order valence-electron chi connectivity index (χ3n) is 2.96. The highest BCUT2D eigenvalue weighted by atomic mass is 32.2. The largest absolute Gasteiger partial charge is 0.384 e. The Kier molecular flexibility index (Phi) is 5.49. The molecular formula is C14H17NO3S2. The van der Waals surface area contributed by atoms with Crippen LogP contribution in [0.25, 0.3) is 0 Å². The maximum absolute atomic E-state index is 12.2. The Bertz CT molecular complexity index is 594. The van der Waals surface area contributed by atoms with Gasteiger partial charge in [0.2, 0.25) is 10.0 Å². The van der Waals surface area contributed by atoms with Gasteiger partial charge in [0.15, 0.2) is 0 Å². The number of aliphatic hydroxyl groups excluding tert-OH is 1. The molecule has 2 rings (SSSR count). The number of thioether (sulfide) groups is 1. The van der Waals surface area contributed by atoms with Crippen LogP contribution in [0, 0.1) is 11.8 Å². The van der Waals surface area contributed by atoms with Crippen molar-refractivity contribution in [1.29, 1.82) is 0 Å². The van der Waals surface area contributed by atoms with E-state index in [0.717, 1.165) is 24.3 Å². The van der Waals surface area contributed by atoms with Gasteiger partial charge in [0.25, 0.3) is 0 Å². The second kappa shape index (κ2) is 7.14. The van der Waals surface area contributed by atoms with E-state index in [9.17, 15) is 8.42 Å². The number of nitrogens with one attached hydrogen (secondary N) is 1. The molecule has 4 nitrogen and oxygen atoms in total. The highest BCUT2D eigenvalue weighted by molar-refractivity contribution is 7.99. The molecule has 1 fully saturated rings. The van der Waals surface area contributed by atoms with Gasteiger partial charge in [0.1, 0.15) is 6.61 Å². The number of hydrogen-bond donors (Lipinski definition) is 2. The lowest BCUT2D eigenvalue weighted by Crippen LogP contribution is -2.38. The lowest BCUT2D eigenvalue weighted by Gasteiger charge is -2.22. The summed E-state index contributed by atoms with van der Waals surface area (Å²) in [6.07, 6.45) is 1.94. The van der Waals surface area contributed by atoms with Crippen LogP contribution in [0.3, 0.4) is 0 Å². The summed E-state index contributed by atoms with van der Waals surface area (Å²) in [6, 6.07) is 6.40. The summed E-state index contributed by atoms with van der Waals surface area (Å²) in [5, 5.41) is 8.61. The Balaban J connectivity index is 2.08. The van der Waals surface area contributed by atoms with Crippen molar-refractivity contribution in [2.24, 2.45) is 0 Å². The topological polar surface area (TPSA) is 66.4 Å². The lowest BCUT2D eigenvalue weighted by atomic mass is 10.2. The van der Waals surface area contributed by atoms with Gasteiger partial charge in [0.05, 0.1) is 4.90 Å². The number of benzene rings is 1. The van der Waals surface area contributed by atoms with Gasteiger partial charge in [0, 0.05) is 17.4 Å². The molecule has 6 heteroatoms. The second-order valence-corrected chi connectivity index (χ2v) is 7.38. The number of aliphatic hydroxyl groups is 1. The van der Waals surface area contributed by atoms with Crippen LogP contribution in [0.4, 0.5) is 0 Å². The minimum atomic E-state index is -3.46. The maximum atomic E-state index is 12.2. The van der Waals surface area contributed by atoms with Crippen molar-refractivity contribution in [3.8, 4) is 11.8 Å². The van der Waals surface area contributed by atoms with E-state index in [-0.39, 0.29) is 17.5 Å². The molecule has 1 aromatic rings. The zero-order valence-corrected chi connectivity index (χ0v) is 12.6. The smallest absolute Gasteiger partial charge is 0.240 e. The average Bonchev–Trinajstić information content (AvgIpc) is 2.46. The van der Waals surface area contributed by atoms with E-state index >= 15 is 0 Å². The van der Waals surface area contributed by atoms with Crippen molar-refractivity contribution in [2.45, 2.75) is 23.8 Å². The minimum Gasteiger partial charge on any atom is -0.384 e. The van der Waals surface area contributed by atoms with Gasteiger partial charge < -0.3 is 5.11 Å². The number of rotatable bonds is 3. The molecule has 0 saturated carbocycles. The SMILES string of the molecule is O=S(=O)(NC1CCCSC1)c1ccc(C#CCO)cc1. The predicted molar refractivity (Wildman–Crippen MR) is 81.1 cm³/mol. The van der Waals surface area contributed by atoms with E-state index in [1.54, 1.807) is 36.0 Å². The molecule has 0 amide bonds. The molecule has 1 aliphatic rings. The first kappa shape index (κ1) is 15.4. The van der Waals surface area contributed by atoms with Crippen molar-refractivity contribution in [3.63, 3.8) is 0 Å². The zero-order chi connectivity index (χ0) is 14.4. The lowest BCUT2D eigenvalue weighted by molar-refractivity contribution is 0.350. The van der Waals surface area contributed by atoms with Crippen LogP contribution in [-0.4, -0.2) is 37.7 Å². The molecule has 1 unspecified atom stereocenters. The van der Waals surface area contributed by atoms with Gasteiger partial charge in [-0.15, -0.1) is 0 Å². The summed E-state index contributed by atoms with van der Waals surface area (Å²) in [4.78, 5) is 0.252. The first-order valence-electron chi connectivity index (χ1n) is 6.42. The molecule has 1 aliphatic heterocycles. The third kappa shape index (κ3) is 4.25. The fourth-order valence-corrected chi connectivity index (χ4v) is 4.43. The zero-order valence-electron chi connectivity index (χ0n) is 11.0. The standard InChI is InChI=1S/C14H17NO3S2/c16-9-1-3-12-5-7-14(8-6-12)20(17,18)15-13-4-2-10-19-11-13/h5-8,13,15-16H,2,4,9-11H2. The molecule has 108 valence electrons. The number of sulfonamides is 1. The van der Waals surface area contributed by atoms with Gasteiger partial charge in [-0.05, 0) is 42.9 Å². The molecule has 0 aliphatic carbocycles. The molecule has 1 aromatic carbocycles. The molecule has 0 radical (unpaired) electrons. The Labute approximate surface area is 124 Å². The van der Waals surface area contributed by atoms with E-state index in [1.807, 2.05) is 0 Å². The predicted octanol–water partition coefficient (Wildman–Crippen LogP) is 1.20. The summed E-state index contributed by atoms with van der Waals surface area (Å²) in [6.45, 7) is -0.207. The van der Waals surface area contributed by atoms with Gasteiger partial charge in [-0.2, -0.15) is 11.8 Å². The van der Waals surface area contributed by atoms with Gasteiger partial charge in [-0.1, -0.05) is 11.8 Å². The van der Waals surface area contributed by atoms with Crippen LogP contribution in [0.15, 0.2) is 29.2 Å². The third-order valence-corrected chi connectivity index (χ3v) is 5.71.